The number of rotatable bonds is 2. The number of fused-ring (bicyclic) bond motifs is 1. The second kappa shape index (κ2) is 6.11. The predicted molar refractivity (Wildman–Crippen MR) is 73.3 cm³/mol. The summed E-state index contributed by atoms with van der Waals surface area (Å²) in [5, 5.41) is 0. The predicted octanol–water partition coefficient (Wildman–Crippen LogP) is 0.758. The van der Waals surface area contributed by atoms with Gasteiger partial charge in [0.05, 0.1) is 13.7 Å². The zero-order valence-corrected chi connectivity index (χ0v) is 11.8. The molecule has 0 radical (unpaired) electrons. The van der Waals surface area contributed by atoms with E-state index in [0.29, 0.717) is 13.0 Å². The van der Waals surface area contributed by atoms with Crippen LogP contribution in [0.15, 0.2) is 30.3 Å². The fourth-order valence-corrected chi connectivity index (χ4v) is 2.76. The quantitative estimate of drug-likeness (QED) is 0.811. The molecule has 5 atom stereocenters. The zero-order valence-electron chi connectivity index (χ0n) is 11.8. The molecule has 0 aliphatic carbocycles. The molecule has 1 aromatic carbocycles. The zero-order chi connectivity index (χ0) is 14.8. The van der Waals surface area contributed by atoms with Crippen LogP contribution in [-0.2, 0) is 23.7 Å². The Bertz CT molecular complexity index is 494. The lowest BCUT2D eigenvalue weighted by molar-refractivity contribution is -0.291. The van der Waals surface area contributed by atoms with Gasteiger partial charge in [0.15, 0.2) is 12.4 Å². The van der Waals surface area contributed by atoms with Crippen LogP contribution in [-0.4, -0.2) is 44.0 Å². The maximum Gasteiger partial charge on any atom is 0.335 e. The Morgan fingerprint density at radius 1 is 1.29 bits per heavy atom. The highest BCUT2D eigenvalue weighted by molar-refractivity contribution is 5.74. The topological polar surface area (TPSA) is 80.0 Å². The summed E-state index contributed by atoms with van der Waals surface area (Å²) >= 11 is 0. The van der Waals surface area contributed by atoms with E-state index in [4.69, 9.17) is 24.7 Å². The van der Waals surface area contributed by atoms with Crippen LogP contribution in [0.4, 0.5) is 0 Å². The van der Waals surface area contributed by atoms with Gasteiger partial charge in [-0.3, -0.25) is 0 Å². The van der Waals surface area contributed by atoms with Crippen molar-refractivity contribution in [3.05, 3.63) is 35.9 Å². The minimum Gasteiger partial charge on any atom is -0.467 e. The molecule has 0 bridgehead atoms. The van der Waals surface area contributed by atoms with Crippen molar-refractivity contribution in [1.29, 1.82) is 0 Å². The lowest BCUT2D eigenvalue weighted by atomic mass is 9.95. The number of methoxy groups -OCH3 is 1. The number of hydrogen-bond donors (Lipinski definition) is 1. The lowest BCUT2D eigenvalue weighted by Gasteiger charge is -2.44. The molecule has 1 aromatic rings. The Morgan fingerprint density at radius 3 is 2.76 bits per heavy atom. The van der Waals surface area contributed by atoms with Crippen molar-refractivity contribution < 1.29 is 23.7 Å². The molecule has 114 valence electrons. The second-order valence-electron chi connectivity index (χ2n) is 5.26. The number of ether oxygens (including phenoxy) is 4. The van der Waals surface area contributed by atoms with Gasteiger partial charge in [0.25, 0.3) is 0 Å². The van der Waals surface area contributed by atoms with Gasteiger partial charge in [-0.1, -0.05) is 30.3 Å². The minimum absolute atomic E-state index is 0.287. The number of carbonyl (C=O) groups is 1. The van der Waals surface area contributed by atoms with Gasteiger partial charge in [0, 0.05) is 18.0 Å². The molecular formula is C15H19NO5. The van der Waals surface area contributed by atoms with Gasteiger partial charge in [-0.15, -0.1) is 0 Å². The SMILES string of the molecule is COC(=O)C1CC(N)C2OC(c3ccccc3)OCC2O1. The summed E-state index contributed by atoms with van der Waals surface area (Å²) < 4.78 is 22.0. The Labute approximate surface area is 123 Å². The third-order valence-electron chi connectivity index (χ3n) is 3.84. The van der Waals surface area contributed by atoms with Crippen molar-refractivity contribution in [1.82, 2.24) is 0 Å². The fourth-order valence-electron chi connectivity index (χ4n) is 2.76. The molecule has 2 heterocycles. The molecular weight excluding hydrogens is 274 g/mol. The monoisotopic (exact) mass is 293 g/mol. The first-order valence-electron chi connectivity index (χ1n) is 7.00. The molecule has 0 spiro atoms. The molecule has 2 aliphatic rings. The van der Waals surface area contributed by atoms with Crippen LogP contribution in [0.2, 0.25) is 0 Å². The number of benzene rings is 1. The van der Waals surface area contributed by atoms with Gasteiger partial charge < -0.3 is 24.7 Å². The molecule has 21 heavy (non-hydrogen) atoms. The lowest BCUT2D eigenvalue weighted by Crippen LogP contribution is -2.59. The van der Waals surface area contributed by atoms with Crippen molar-refractivity contribution >= 4 is 5.97 Å². The smallest absolute Gasteiger partial charge is 0.335 e. The van der Waals surface area contributed by atoms with Crippen LogP contribution in [0.5, 0.6) is 0 Å². The third kappa shape index (κ3) is 2.94. The summed E-state index contributed by atoms with van der Waals surface area (Å²) in [6.45, 7) is 0.339. The van der Waals surface area contributed by atoms with E-state index in [9.17, 15) is 4.79 Å². The van der Waals surface area contributed by atoms with Crippen LogP contribution < -0.4 is 5.73 Å². The molecule has 2 N–H and O–H groups in total. The minimum atomic E-state index is -0.647. The molecule has 2 fully saturated rings. The van der Waals surface area contributed by atoms with Crippen LogP contribution in [0.1, 0.15) is 18.3 Å². The number of esters is 1. The van der Waals surface area contributed by atoms with Gasteiger partial charge in [0.2, 0.25) is 0 Å². The molecule has 3 rings (SSSR count). The van der Waals surface area contributed by atoms with E-state index < -0.39 is 18.4 Å². The summed E-state index contributed by atoms with van der Waals surface area (Å²) in [5.74, 6) is -0.408. The third-order valence-corrected chi connectivity index (χ3v) is 3.84. The summed E-state index contributed by atoms with van der Waals surface area (Å²) in [5.41, 5.74) is 7.09. The van der Waals surface area contributed by atoms with Crippen LogP contribution in [0, 0.1) is 0 Å². The summed E-state index contributed by atoms with van der Waals surface area (Å²) in [7, 11) is 1.34. The van der Waals surface area contributed by atoms with Gasteiger partial charge in [0.1, 0.15) is 12.2 Å². The normalized spacial score (nSPS) is 35.8. The van der Waals surface area contributed by atoms with Crippen molar-refractivity contribution in [2.24, 2.45) is 5.73 Å². The Balaban J connectivity index is 1.69. The highest BCUT2D eigenvalue weighted by Crippen LogP contribution is 2.33. The largest absolute Gasteiger partial charge is 0.467 e. The molecule has 5 unspecified atom stereocenters. The molecule has 2 aliphatic heterocycles. The summed E-state index contributed by atoms with van der Waals surface area (Å²) in [6, 6.07) is 9.39. The number of nitrogens with two attached hydrogens (primary N) is 1. The molecule has 6 nitrogen and oxygen atoms in total. The highest BCUT2D eigenvalue weighted by atomic mass is 16.7. The average molecular weight is 293 g/mol. The van der Waals surface area contributed by atoms with Crippen molar-refractivity contribution in [3.8, 4) is 0 Å². The van der Waals surface area contributed by atoms with Crippen molar-refractivity contribution in [2.75, 3.05) is 13.7 Å². The highest BCUT2D eigenvalue weighted by Gasteiger charge is 2.45. The van der Waals surface area contributed by atoms with Gasteiger partial charge in [-0.25, -0.2) is 4.79 Å². The Morgan fingerprint density at radius 2 is 2.05 bits per heavy atom. The Hall–Kier alpha value is -1.47. The van der Waals surface area contributed by atoms with Gasteiger partial charge in [-0.2, -0.15) is 0 Å². The van der Waals surface area contributed by atoms with Gasteiger partial charge in [-0.05, 0) is 0 Å². The first-order valence-corrected chi connectivity index (χ1v) is 7.00. The summed E-state index contributed by atoms with van der Waals surface area (Å²) in [4.78, 5) is 11.6. The van der Waals surface area contributed by atoms with Crippen molar-refractivity contribution in [3.63, 3.8) is 0 Å². The Kier molecular flexibility index (Phi) is 4.21. The van der Waals surface area contributed by atoms with Crippen LogP contribution in [0.25, 0.3) is 0 Å². The molecule has 6 heteroatoms. The first kappa shape index (κ1) is 14.5. The van der Waals surface area contributed by atoms with Crippen LogP contribution in [0.3, 0.4) is 0 Å². The fraction of sp³-hybridized carbons (Fsp3) is 0.533. The van der Waals surface area contributed by atoms with Gasteiger partial charge >= 0.3 is 5.97 Å². The number of hydrogen-bond acceptors (Lipinski definition) is 6. The molecule has 0 saturated carbocycles. The van der Waals surface area contributed by atoms with E-state index in [1.165, 1.54) is 7.11 Å². The van der Waals surface area contributed by atoms with Crippen molar-refractivity contribution in [2.45, 2.75) is 37.1 Å². The van der Waals surface area contributed by atoms with E-state index in [1.54, 1.807) is 0 Å². The van der Waals surface area contributed by atoms with Crippen LogP contribution >= 0.6 is 0 Å². The summed E-state index contributed by atoms with van der Waals surface area (Å²) in [6.07, 6.45) is -1.35. The van der Waals surface area contributed by atoms with E-state index in [-0.39, 0.29) is 18.2 Å². The molecule has 2 saturated heterocycles. The average Bonchev–Trinajstić information content (AvgIpc) is 2.54. The standard InChI is InChI=1S/C15H19NO5/c1-18-14(17)11-7-10(16)13-12(20-11)8-19-15(21-13)9-5-3-2-4-6-9/h2-6,10-13,15H,7-8,16H2,1H3. The molecule has 0 aromatic heterocycles. The van der Waals surface area contributed by atoms with E-state index in [0.717, 1.165) is 5.56 Å². The van der Waals surface area contributed by atoms with E-state index in [1.807, 2.05) is 30.3 Å². The number of carbonyl (C=O) groups excluding carboxylic acids is 1. The second-order valence-corrected chi connectivity index (χ2v) is 5.26. The van der Waals surface area contributed by atoms with E-state index >= 15 is 0 Å². The maximum absolute atomic E-state index is 11.6. The van der Waals surface area contributed by atoms with E-state index in [2.05, 4.69) is 0 Å². The molecule has 0 amide bonds. The first-order chi connectivity index (χ1) is 10.2. The maximum atomic E-state index is 11.6.